The first kappa shape index (κ1) is 17.2. The van der Waals surface area contributed by atoms with E-state index in [1.54, 1.807) is 32.2 Å². The van der Waals surface area contributed by atoms with Crippen LogP contribution in [-0.2, 0) is 11.2 Å². The van der Waals surface area contributed by atoms with Gasteiger partial charge in [-0.3, -0.25) is 9.59 Å². The molecule has 7 heteroatoms. The van der Waals surface area contributed by atoms with Crippen LogP contribution in [0, 0.1) is 25.2 Å². The van der Waals surface area contributed by atoms with Crippen molar-refractivity contribution in [1.82, 2.24) is 9.97 Å². The molecule has 0 bridgehead atoms. The molecule has 7 nitrogen and oxygen atoms in total. The van der Waals surface area contributed by atoms with E-state index < -0.39 is 5.56 Å². The number of carbonyl (C=O) groups excluding carboxylic acids is 1. The number of aryl methyl sites for hydroxylation is 1. The lowest BCUT2D eigenvalue weighted by Gasteiger charge is -2.12. The van der Waals surface area contributed by atoms with Gasteiger partial charge in [0.2, 0.25) is 11.8 Å². The van der Waals surface area contributed by atoms with Crippen LogP contribution in [0.4, 0.5) is 5.69 Å². The maximum absolute atomic E-state index is 12.2. The molecule has 0 aliphatic heterocycles. The van der Waals surface area contributed by atoms with E-state index in [4.69, 9.17) is 10.00 Å². The van der Waals surface area contributed by atoms with Gasteiger partial charge in [0.15, 0.2) is 0 Å². The molecule has 0 saturated carbocycles. The number of hydrogen-bond acceptors (Lipinski definition) is 5. The number of methoxy groups -OCH3 is 1. The van der Waals surface area contributed by atoms with Crippen molar-refractivity contribution >= 4 is 11.6 Å². The third-order valence-corrected chi connectivity index (χ3v) is 3.76. The van der Waals surface area contributed by atoms with E-state index in [1.165, 1.54) is 7.11 Å². The topological polar surface area (TPSA) is 108 Å². The van der Waals surface area contributed by atoms with Crippen LogP contribution in [0.15, 0.2) is 23.1 Å². The van der Waals surface area contributed by atoms with Crippen LogP contribution in [0.5, 0.6) is 5.88 Å². The van der Waals surface area contributed by atoms with Crippen molar-refractivity contribution in [2.75, 3.05) is 12.4 Å². The third kappa shape index (κ3) is 3.60. The molecule has 0 atom stereocenters. The molecule has 0 unspecified atom stereocenters. The maximum atomic E-state index is 12.2. The molecule has 24 heavy (non-hydrogen) atoms. The van der Waals surface area contributed by atoms with Crippen LogP contribution in [0.25, 0.3) is 0 Å². The molecular formula is C17H18N4O3. The maximum Gasteiger partial charge on any atom is 0.266 e. The molecule has 124 valence electrons. The smallest absolute Gasteiger partial charge is 0.266 e. The summed E-state index contributed by atoms with van der Waals surface area (Å²) in [5.74, 6) is 0.138. The van der Waals surface area contributed by atoms with E-state index in [1.807, 2.05) is 6.07 Å². The van der Waals surface area contributed by atoms with Crippen molar-refractivity contribution in [2.24, 2.45) is 0 Å². The van der Waals surface area contributed by atoms with Crippen molar-refractivity contribution in [3.63, 3.8) is 0 Å². The highest BCUT2D eigenvalue weighted by Crippen LogP contribution is 2.20. The number of hydrogen-bond donors (Lipinski definition) is 2. The Morgan fingerprint density at radius 2 is 2.21 bits per heavy atom. The molecule has 0 fully saturated rings. The fourth-order valence-corrected chi connectivity index (χ4v) is 2.52. The number of aromatic amines is 1. The van der Waals surface area contributed by atoms with E-state index in [-0.39, 0.29) is 17.9 Å². The highest BCUT2D eigenvalue weighted by atomic mass is 16.5. The second-order valence-electron chi connectivity index (χ2n) is 5.28. The molecular weight excluding hydrogens is 308 g/mol. The highest BCUT2D eigenvalue weighted by molar-refractivity contribution is 5.92. The zero-order chi connectivity index (χ0) is 17.7. The first-order valence-electron chi connectivity index (χ1n) is 7.39. The lowest BCUT2D eigenvalue weighted by molar-refractivity contribution is -0.116. The Balaban J connectivity index is 2.13. The quantitative estimate of drug-likeness (QED) is 0.871. The van der Waals surface area contributed by atoms with Gasteiger partial charge in [0.25, 0.3) is 5.56 Å². The fourth-order valence-electron chi connectivity index (χ4n) is 2.52. The Kier molecular flexibility index (Phi) is 5.32. The number of ether oxygens (including phenoxy) is 1. The Morgan fingerprint density at radius 1 is 1.46 bits per heavy atom. The average Bonchev–Trinajstić information content (AvgIpc) is 2.55. The van der Waals surface area contributed by atoms with Gasteiger partial charge in [0.1, 0.15) is 17.3 Å². The van der Waals surface area contributed by atoms with Gasteiger partial charge in [0.05, 0.1) is 7.11 Å². The molecule has 0 radical (unpaired) electrons. The summed E-state index contributed by atoms with van der Waals surface area (Å²) in [6.45, 7) is 3.48. The Bertz CT molecular complexity index is 865. The number of nitrogens with one attached hydrogen (secondary N) is 2. The van der Waals surface area contributed by atoms with Crippen LogP contribution in [-0.4, -0.2) is 23.0 Å². The Labute approximate surface area is 139 Å². The highest BCUT2D eigenvalue weighted by Gasteiger charge is 2.14. The van der Waals surface area contributed by atoms with Gasteiger partial charge in [0, 0.05) is 18.3 Å². The van der Waals surface area contributed by atoms with E-state index in [9.17, 15) is 9.59 Å². The van der Waals surface area contributed by atoms with Crippen molar-refractivity contribution in [3.05, 3.63) is 51.1 Å². The Morgan fingerprint density at radius 3 is 2.88 bits per heavy atom. The fraction of sp³-hybridized carbons (Fsp3) is 0.294. The molecule has 2 heterocycles. The summed E-state index contributed by atoms with van der Waals surface area (Å²) in [5.41, 5.74) is 2.27. The SMILES string of the molecule is COc1ncccc1NC(=O)CCc1c(C)[nH]c(=O)c(C#N)c1C. The van der Waals surface area contributed by atoms with Crippen LogP contribution in [0.1, 0.15) is 28.8 Å². The lowest BCUT2D eigenvalue weighted by Crippen LogP contribution is -2.18. The van der Waals surface area contributed by atoms with E-state index in [2.05, 4.69) is 15.3 Å². The zero-order valence-electron chi connectivity index (χ0n) is 13.8. The normalized spacial score (nSPS) is 10.1. The summed E-state index contributed by atoms with van der Waals surface area (Å²) in [5, 5.41) is 11.8. The number of nitriles is 1. The minimum Gasteiger partial charge on any atom is -0.480 e. The van der Waals surface area contributed by atoms with Gasteiger partial charge in [-0.15, -0.1) is 0 Å². The first-order chi connectivity index (χ1) is 11.5. The van der Waals surface area contributed by atoms with Crippen LogP contribution < -0.4 is 15.6 Å². The van der Waals surface area contributed by atoms with Crippen molar-refractivity contribution in [1.29, 1.82) is 5.26 Å². The average molecular weight is 326 g/mol. The molecule has 2 aromatic rings. The monoisotopic (exact) mass is 326 g/mol. The van der Waals surface area contributed by atoms with Crippen molar-refractivity contribution in [3.8, 4) is 11.9 Å². The van der Waals surface area contributed by atoms with Gasteiger partial charge in [-0.05, 0) is 43.5 Å². The van der Waals surface area contributed by atoms with E-state index in [0.29, 0.717) is 29.2 Å². The van der Waals surface area contributed by atoms with Crippen LogP contribution in [0.3, 0.4) is 0 Å². The van der Waals surface area contributed by atoms with Crippen LogP contribution in [0.2, 0.25) is 0 Å². The van der Waals surface area contributed by atoms with Crippen molar-refractivity contribution < 1.29 is 9.53 Å². The summed E-state index contributed by atoms with van der Waals surface area (Å²) in [6, 6.07) is 5.31. The van der Waals surface area contributed by atoms with Gasteiger partial charge in [-0.1, -0.05) is 0 Å². The minimum atomic E-state index is -0.402. The van der Waals surface area contributed by atoms with Crippen molar-refractivity contribution in [2.45, 2.75) is 26.7 Å². The van der Waals surface area contributed by atoms with Gasteiger partial charge < -0.3 is 15.0 Å². The number of anilines is 1. The Hall–Kier alpha value is -3.14. The third-order valence-electron chi connectivity index (χ3n) is 3.76. The molecule has 0 aromatic carbocycles. The minimum absolute atomic E-state index is 0.0879. The van der Waals surface area contributed by atoms with Gasteiger partial charge in [-0.2, -0.15) is 5.26 Å². The largest absolute Gasteiger partial charge is 0.480 e. The number of carbonyl (C=O) groups is 1. The second kappa shape index (κ2) is 7.42. The number of rotatable bonds is 5. The van der Waals surface area contributed by atoms with Gasteiger partial charge >= 0.3 is 0 Å². The number of aromatic nitrogens is 2. The number of pyridine rings is 2. The lowest BCUT2D eigenvalue weighted by atomic mass is 9.99. The summed E-state index contributed by atoms with van der Waals surface area (Å²) < 4.78 is 5.09. The molecule has 0 saturated heterocycles. The zero-order valence-corrected chi connectivity index (χ0v) is 13.8. The summed E-state index contributed by atoms with van der Waals surface area (Å²) in [6.07, 6.45) is 2.19. The predicted molar refractivity (Wildman–Crippen MR) is 89.0 cm³/mol. The molecule has 1 amide bonds. The molecule has 0 aliphatic carbocycles. The molecule has 0 aliphatic rings. The summed E-state index contributed by atoms with van der Waals surface area (Å²) >= 11 is 0. The molecule has 2 rings (SSSR count). The molecule has 2 aromatic heterocycles. The van der Waals surface area contributed by atoms with E-state index >= 15 is 0 Å². The van der Waals surface area contributed by atoms with Gasteiger partial charge in [-0.25, -0.2) is 4.98 Å². The number of nitrogens with zero attached hydrogens (tertiary/aromatic N) is 2. The number of H-pyrrole nitrogens is 1. The number of amides is 1. The standard InChI is InChI=1S/C17H18N4O3/c1-10-12(11(2)20-16(23)13(10)9-18)6-7-15(22)21-14-5-4-8-19-17(14)24-3/h4-5,8H,6-7H2,1-3H3,(H,20,23)(H,21,22). The molecule has 2 N–H and O–H groups in total. The second-order valence-corrected chi connectivity index (χ2v) is 5.28. The summed E-state index contributed by atoms with van der Waals surface area (Å²) in [7, 11) is 1.48. The first-order valence-corrected chi connectivity index (χ1v) is 7.39. The predicted octanol–water partition coefficient (Wildman–Crippen LogP) is 1.84. The molecule has 0 spiro atoms. The summed E-state index contributed by atoms with van der Waals surface area (Å²) in [4.78, 5) is 30.5. The van der Waals surface area contributed by atoms with E-state index in [0.717, 1.165) is 5.56 Å². The van der Waals surface area contributed by atoms with Crippen LogP contribution >= 0.6 is 0 Å².